The molecule has 0 aliphatic carbocycles. The SMILES string of the molecule is CCC(CC)SSC(CCOC(=O)NCCNc1cccc2c(N(C)C)cccc12)=C(C)N(C=O)Cc1cnc(C)nc1N. The number of alkyl carbamates (subject to hydrolysis) is 1. The first kappa shape index (κ1) is 34.8. The van der Waals surface area contributed by atoms with Crippen LogP contribution >= 0.6 is 21.6 Å². The summed E-state index contributed by atoms with van der Waals surface area (Å²) in [6.45, 7) is 9.39. The summed E-state index contributed by atoms with van der Waals surface area (Å²) >= 11 is 0. The lowest BCUT2D eigenvalue weighted by molar-refractivity contribution is -0.116. The van der Waals surface area contributed by atoms with Crippen molar-refractivity contribution in [2.75, 3.05) is 49.7 Å². The van der Waals surface area contributed by atoms with Gasteiger partial charge < -0.3 is 30.9 Å². The minimum absolute atomic E-state index is 0.182. The number of nitrogens with two attached hydrogens (primary N) is 1. The molecule has 0 saturated carbocycles. The van der Waals surface area contributed by atoms with Gasteiger partial charge in [0.25, 0.3) is 0 Å². The molecule has 0 radical (unpaired) electrons. The molecule has 4 N–H and O–H groups in total. The summed E-state index contributed by atoms with van der Waals surface area (Å²) in [6, 6.07) is 12.4. The van der Waals surface area contributed by atoms with Crippen LogP contribution in [0.2, 0.25) is 0 Å². The van der Waals surface area contributed by atoms with Gasteiger partial charge in [0.2, 0.25) is 6.41 Å². The van der Waals surface area contributed by atoms with E-state index in [1.165, 1.54) is 0 Å². The number of anilines is 3. The number of hydrogen-bond acceptors (Lipinski definition) is 10. The van der Waals surface area contributed by atoms with E-state index in [1.54, 1.807) is 39.6 Å². The molecule has 2 amide bonds. The van der Waals surface area contributed by atoms with Crippen LogP contribution in [0.15, 0.2) is 53.2 Å². The van der Waals surface area contributed by atoms with E-state index in [2.05, 4.69) is 57.5 Å². The molecular formula is C32H45N7O3S2. The predicted molar refractivity (Wildman–Crippen MR) is 186 cm³/mol. The number of aromatic nitrogens is 2. The van der Waals surface area contributed by atoms with E-state index in [-0.39, 0.29) is 13.2 Å². The van der Waals surface area contributed by atoms with E-state index in [9.17, 15) is 9.59 Å². The number of benzene rings is 2. The Balaban J connectivity index is 1.57. The lowest BCUT2D eigenvalue weighted by Gasteiger charge is -2.23. The zero-order valence-electron chi connectivity index (χ0n) is 26.6. The smallest absolute Gasteiger partial charge is 0.407 e. The molecule has 10 nitrogen and oxygen atoms in total. The lowest BCUT2D eigenvalue weighted by Crippen LogP contribution is -2.29. The topological polar surface area (TPSA) is 126 Å². The Morgan fingerprint density at radius 2 is 1.84 bits per heavy atom. The molecule has 0 aliphatic heterocycles. The van der Waals surface area contributed by atoms with Gasteiger partial charge in [0, 0.05) is 83.4 Å². The highest BCUT2D eigenvalue weighted by Gasteiger charge is 2.17. The van der Waals surface area contributed by atoms with Gasteiger partial charge in [0.15, 0.2) is 0 Å². The molecule has 0 fully saturated rings. The van der Waals surface area contributed by atoms with Gasteiger partial charge in [-0.1, -0.05) is 59.7 Å². The highest BCUT2D eigenvalue weighted by molar-refractivity contribution is 8.78. The standard InChI is InChI=1S/C32H45N7O3S2/c1-7-25(8-2)43-44-30(22(3)39(21-40)20-24-19-36-23(4)37-31(24)33)15-18-42-32(41)35-17-16-34-28-13-9-12-27-26(28)11-10-14-29(27)38(5)6/h9-14,19,21,25,34H,7-8,15-18,20H2,1-6H3,(H,35,41)(H2,33,36,37). The minimum atomic E-state index is -0.480. The molecule has 0 unspecified atom stereocenters. The van der Waals surface area contributed by atoms with Crippen molar-refractivity contribution in [1.29, 1.82) is 0 Å². The van der Waals surface area contributed by atoms with E-state index in [0.29, 0.717) is 42.0 Å². The third-order valence-electron chi connectivity index (χ3n) is 7.17. The normalized spacial score (nSPS) is 11.7. The molecular weight excluding hydrogens is 595 g/mol. The van der Waals surface area contributed by atoms with Crippen molar-refractivity contribution in [3.05, 3.63) is 64.6 Å². The number of nitrogen functional groups attached to an aromatic ring is 1. The van der Waals surface area contributed by atoms with Gasteiger partial charge in [0.05, 0.1) is 13.2 Å². The number of nitrogens with one attached hydrogen (secondary N) is 2. The third kappa shape index (κ3) is 9.95. The first-order chi connectivity index (χ1) is 21.2. The average molecular weight is 640 g/mol. The van der Waals surface area contributed by atoms with Gasteiger partial charge in [-0.05, 0) is 38.8 Å². The van der Waals surface area contributed by atoms with Crippen LogP contribution in [0.4, 0.5) is 22.0 Å². The second-order valence-corrected chi connectivity index (χ2v) is 13.1. The minimum Gasteiger partial charge on any atom is -0.449 e. The quantitative estimate of drug-likeness (QED) is 0.0848. The first-order valence-electron chi connectivity index (χ1n) is 14.8. The molecule has 0 aliphatic rings. The van der Waals surface area contributed by atoms with Crippen molar-refractivity contribution in [3.63, 3.8) is 0 Å². The van der Waals surface area contributed by atoms with Crippen LogP contribution in [0.5, 0.6) is 0 Å². The Morgan fingerprint density at radius 3 is 2.52 bits per heavy atom. The molecule has 0 spiro atoms. The maximum Gasteiger partial charge on any atom is 0.407 e. The molecule has 0 bridgehead atoms. The fourth-order valence-corrected chi connectivity index (χ4v) is 7.65. The second-order valence-electron chi connectivity index (χ2n) is 10.5. The maximum absolute atomic E-state index is 12.5. The number of aryl methyl sites for hydroxylation is 1. The molecule has 3 rings (SSSR count). The molecule has 44 heavy (non-hydrogen) atoms. The van der Waals surface area contributed by atoms with Crippen LogP contribution < -0.4 is 21.3 Å². The number of fused-ring (bicyclic) bond motifs is 1. The predicted octanol–water partition coefficient (Wildman–Crippen LogP) is 6.57. The van der Waals surface area contributed by atoms with Crippen LogP contribution in [-0.4, -0.2) is 66.4 Å². The van der Waals surface area contributed by atoms with Crippen molar-refractivity contribution < 1.29 is 14.3 Å². The van der Waals surface area contributed by atoms with Gasteiger partial charge in [0.1, 0.15) is 11.6 Å². The number of carbonyl (C=O) groups excluding carboxylic acids is 2. The summed E-state index contributed by atoms with van der Waals surface area (Å²) in [7, 11) is 7.47. The number of ether oxygens (including phenoxy) is 1. The van der Waals surface area contributed by atoms with Crippen LogP contribution in [0.1, 0.15) is 51.4 Å². The maximum atomic E-state index is 12.5. The summed E-state index contributed by atoms with van der Waals surface area (Å²) < 4.78 is 5.52. The zero-order chi connectivity index (χ0) is 32.1. The Hall–Kier alpha value is -3.64. The van der Waals surface area contributed by atoms with E-state index < -0.39 is 6.09 Å². The summed E-state index contributed by atoms with van der Waals surface area (Å²) in [5.41, 5.74) is 9.70. The molecule has 1 heterocycles. The molecule has 0 saturated heterocycles. The largest absolute Gasteiger partial charge is 0.449 e. The molecule has 2 aromatic carbocycles. The van der Waals surface area contributed by atoms with Crippen LogP contribution in [-0.2, 0) is 16.1 Å². The number of nitrogens with zero attached hydrogens (tertiary/aromatic N) is 4. The number of rotatable bonds is 17. The van der Waals surface area contributed by atoms with Gasteiger partial charge in [-0.3, -0.25) is 4.79 Å². The van der Waals surface area contributed by atoms with Crippen molar-refractivity contribution in [2.24, 2.45) is 0 Å². The van der Waals surface area contributed by atoms with E-state index >= 15 is 0 Å². The molecule has 0 atom stereocenters. The monoisotopic (exact) mass is 639 g/mol. The highest BCUT2D eigenvalue weighted by Crippen LogP contribution is 2.40. The Kier molecular flexibility index (Phi) is 13.9. The van der Waals surface area contributed by atoms with E-state index in [4.69, 9.17) is 10.5 Å². The second kappa shape index (κ2) is 17.6. The Labute approximate surface area is 269 Å². The van der Waals surface area contributed by atoms with Crippen LogP contribution in [0.3, 0.4) is 0 Å². The third-order valence-corrected chi connectivity index (χ3v) is 10.6. The Bertz CT molecular complexity index is 1430. The summed E-state index contributed by atoms with van der Waals surface area (Å²) in [6.07, 6.45) is 4.51. The van der Waals surface area contributed by atoms with Crippen molar-refractivity contribution in [3.8, 4) is 0 Å². The summed E-state index contributed by atoms with van der Waals surface area (Å²) in [5, 5.41) is 9.01. The highest BCUT2D eigenvalue weighted by atomic mass is 33.1. The summed E-state index contributed by atoms with van der Waals surface area (Å²) in [5.74, 6) is 0.929. The molecule has 3 aromatic rings. The van der Waals surface area contributed by atoms with Crippen LogP contribution in [0, 0.1) is 6.92 Å². The summed E-state index contributed by atoms with van der Waals surface area (Å²) in [4.78, 5) is 37.7. The van der Waals surface area contributed by atoms with Gasteiger partial charge in [-0.15, -0.1) is 0 Å². The number of hydrogen-bond donors (Lipinski definition) is 3. The average Bonchev–Trinajstić information content (AvgIpc) is 3.01. The fraction of sp³-hybridized carbons (Fsp3) is 0.438. The molecule has 238 valence electrons. The van der Waals surface area contributed by atoms with Gasteiger partial charge >= 0.3 is 6.09 Å². The van der Waals surface area contributed by atoms with Crippen molar-refractivity contribution >= 4 is 62.1 Å². The molecule has 12 heteroatoms. The van der Waals surface area contributed by atoms with Crippen molar-refractivity contribution in [2.45, 2.75) is 58.8 Å². The Morgan fingerprint density at radius 1 is 1.11 bits per heavy atom. The van der Waals surface area contributed by atoms with E-state index in [0.717, 1.165) is 52.0 Å². The first-order valence-corrected chi connectivity index (χ1v) is 17.1. The molecule has 1 aromatic heterocycles. The number of carbonyl (C=O) groups is 2. The van der Waals surface area contributed by atoms with Crippen LogP contribution in [0.25, 0.3) is 10.8 Å². The van der Waals surface area contributed by atoms with Crippen molar-refractivity contribution in [1.82, 2.24) is 20.2 Å². The lowest BCUT2D eigenvalue weighted by atomic mass is 10.1. The van der Waals surface area contributed by atoms with Gasteiger partial charge in [-0.25, -0.2) is 14.8 Å². The van der Waals surface area contributed by atoms with Gasteiger partial charge in [-0.2, -0.15) is 0 Å². The zero-order valence-corrected chi connectivity index (χ0v) is 28.2. The number of amides is 2. The fourth-order valence-electron chi connectivity index (χ4n) is 4.53. The van der Waals surface area contributed by atoms with E-state index in [1.807, 2.05) is 39.2 Å². The number of allylic oxidation sites excluding steroid dienone is 1.